The molecule has 0 bridgehead atoms. The minimum Gasteiger partial charge on any atom is -0.390 e. The second kappa shape index (κ2) is 14.9. The maximum absolute atomic E-state index is 11.2. The van der Waals surface area contributed by atoms with Gasteiger partial charge in [-0.1, -0.05) is 145 Å². The molecule has 4 rings (SSSR count). The molecule has 4 heteroatoms. The van der Waals surface area contributed by atoms with Crippen molar-refractivity contribution in [2.24, 2.45) is 0 Å². The van der Waals surface area contributed by atoms with Crippen LogP contribution in [-0.4, -0.2) is 34.9 Å². The molecule has 1 N–H and O–H groups in total. The third kappa shape index (κ3) is 7.41. The van der Waals surface area contributed by atoms with Crippen LogP contribution in [0.5, 0.6) is 0 Å². The minimum absolute atomic E-state index is 0.0627. The van der Waals surface area contributed by atoms with Crippen LogP contribution in [0.15, 0.2) is 60.7 Å². The Hall–Kier alpha value is -1.72. The maximum atomic E-state index is 11.2. The first-order valence-corrected chi connectivity index (χ1v) is 14.6. The van der Waals surface area contributed by atoms with Gasteiger partial charge in [-0.25, -0.2) is 4.90 Å². The number of rotatable bonds is 16. The molecule has 2 heterocycles. The molecule has 198 valence electrons. The average molecular weight is 494 g/mol. The summed E-state index contributed by atoms with van der Waals surface area (Å²) in [4.78, 5) is 2.33. The van der Waals surface area contributed by atoms with Crippen LogP contribution in [0.4, 0.5) is 0 Å². The quantitative estimate of drug-likeness (QED) is 0.241. The van der Waals surface area contributed by atoms with Crippen molar-refractivity contribution >= 4 is 0 Å². The predicted molar refractivity (Wildman–Crippen MR) is 147 cm³/mol. The van der Waals surface area contributed by atoms with Crippen molar-refractivity contribution < 1.29 is 14.6 Å². The van der Waals surface area contributed by atoms with E-state index >= 15 is 0 Å². The first-order valence-electron chi connectivity index (χ1n) is 14.6. The topological polar surface area (TPSA) is 41.9 Å². The lowest BCUT2D eigenvalue weighted by atomic mass is 9.99. The maximum Gasteiger partial charge on any atom is 0.140 e. The molecule has 2 saturated heterocycles. The molecular weight excluding hydrogens is 446 g/mol. The number of aliphatic hydroxyl groups is 1. The van der Waals surface area contributed by atoms with Crippen LogP contribution in [0.1, 0.15) is 114 Å². The van der Waals surface area contributed by atoms with E-state index in [0.29, 0.717) is 6.61 Å². The molecule has 2 unspecified atom stereocenters. The van der Waals surface area contributed by atoms with Gasteiger partial charge >= 0.3 is 0 Å². The molecule has 5 atom stereocenters. The van der Waals surface area contributed by atoms with Gasteiger partial charge in [-0.2, -0.15) is 0 Å². The number of hydrogen-bond acceptors (Lipinski definition) is 4. The van der Waals surface area contributed by atoms with Crippen LogP contribution in [0.25, 0.3) is 0 Å². The smallest absolute Gasteiger partial charge is 0.140 e. The highest BCUT2D eigenvalue weighted by Gasteiger charge is 2.53. The van der Waals surface area contributed by atoms with Gasteiger partial charge in [-0.15, -0.1) is 0 Å². The number of hydrogen-bond donors (Lipinski definition) is 1. The van der Waals surface area contributed by atoms with E-state index in [1.54, 1.807) is 0 Å². The number of unbranched alkanes of at least 4 members (excludes halogenated alkanes) is 11. The minimum atomic E-state index is -0.465. The molecule has 2 aromatic rings. The Morgan fingerprint density at radius 1 is 0.722 bits per heavy atom. The third-order valence-electron chi connectivity index (χ3n) is 7.92. The van der Waals surface area contributed by atoms with E-state index in [9.17, 15) is 5.11 Å². The van der Waals surface area contributed by atoms with Gasteiger partial charge in [0.1, 0.15) is 18.6 Å². The molecule has 2 aliphatic heterocycles. The molecule has 0 saturated carbocycles. The molecular formula is C32H47NO3. The van der Waals surface area contributed by atoms with Crippen molar-refractivity contribution in [2.75, 3.05) is 6.61 Å². The largest absolute Gasteiger partial charge is 0.390 e. The molecule has 2 aliphatic rings. The van der Waals surface area contributed by atoms with Gasteiger partial charge < -0.3 is 14.6 Å². The monoisotopic (exact) mass is 493 g/mol. The number of fused-ring (bicyclic) bond motifs is 1. The van der Waals surface area contributed by atoms with Crippen LogP contribution in [-0.2, 0) is 9.47 Å². The average Bonchev–Trinajstić information content (AvgIpc) is 3.51. The van der Waals surface area contributed by atoms with Crippen molar-refractivity contribution in [1.82, 2.24) is 4.90 Å². The number of nitrogens with zero attached hydrogens (tertiary/aromatic N) is 1. The summed E-state index contributed by atoms with van der Waals surface area (Å²) in [5.74, 6) is 0. The van der Waals surface area contributed by atoms with Crippen molar-refractivity contribution in [3.63, 3.8) is 0 Å². The first kappa shape index (κ1) is 27.3. The lowest BCUT2D eigenvalue weighted by molar-refractivity contribution is -0.0989. The van der Waals surface area contributed by atoms with Crippen molar-refractivity contribution in [3.05, 3.63) is 71.8 Å². The normalized spacial score (nSPS) is 24.7. The molecule has 0 amide bonds. The van der Waals surface area contributed by atoms with E-state index in [-0.39, 0.29) is 24.6 Å². The summed E-state index contributed by atoms with van der Waals surface area (Å²) >= 11 is 0. The summed E-state index contributed by atoms with van der Waals surface area (Å²) in [6.45, 7) is 2.86. The van der Waals surface area contributed by atoms with Gasteiger partial charge in [-0.05, 0) is 17.5 Å². The summed E-state index contributed by atoms with van der Waals surface area (Å²) in [5.41, 5.74) is 2.26. The van der Waals surface area contributed by atoms with Crippen LogP contribution in [0.2, 0.25) is 0 Å². The van der Waals surface area contributed by atoms with Gasteiger partial charge in [0.05, 0.1) is 18.8 Å². The van der Waals surface area contributed by atoms with E-state index in [1.165, 1.54) is 70.6 Å². The van der Waals surface area contributed by atoms with Gasteiger partial charge in [-0.3, -0.25) is 0 Å². The molecule has 0 radical (unpaired) electrons. The van der Waals surface area contributed by atoms with Crippen LogP contribution >= 0.6 is 0 Å². The van der Waals surface area contributed by atoms with Crippen molar-refractivity contribution in [3.8, 4) is 0 Å². The van der Waals surface area contributed by atoms with E-state index in [4.69, 9.17) is 9.47 Å². The Bertz CT molecular complexity index is 845. The summed E-state index contributed by atoms with van der Waals surface area (Å²) in [6.07, 6.45) is 15.7. The fourth-order valence-electron chi connectivity index (χ4n) is 5.87. The second-order valence-electron chi connectivity index (χ2n) is 10.7. The Kier molecular flexibility index (Phi) is 11.3. The van der Waals surface area contributed by atoms with E-state index in [1.807, 2.05) is 12.1 Å². The standard InChI is InChI=1S/C32H47NO3/c1-2-3-4-5-6-7-8-9-10-11-12-19-24-29(34)30-28-25-35-31(26-20-15-13-16-21-26)33(28)32(36-30)27-22-17-14-18-23-27/h13-18,20-23,28-32,34H,2-12,19,24-25H2,1H3/t28-,29+,30-,31?,32?/m0/s1. The fraction of sp³-hybridized carbons (Fsp3) is 0.625. The zero-order valence-electron chi connectivity index (χ0n) is 22.3. The van der Waals surface area contributed by atoms with Gasteiger partial charge in [0.25, 0.3) is 0 Å². The zero-order valence-corrected chi connectivity index (χ0v) is 22.3. The Morgan fingerprint density at radius 2 is 1.22 bits per heavy atom. The van der Waals surface area contributed by atoms with E-state index in [2.05, 4.69) is 60.4 Å². The Balaban J connectivity index is 1.22. The molecule has 0 aromatic heterocycles. The van der Waals surface area contributed by atoms with Crippen LogP contribution in [0, 0.1) is 0 Å². The van der Waals surface area contributed by atoms with E-state index in [0.717, 1.165) is 24.0 Å². The van der Waals surface area contributed by atoms with Crippen molar-refractivity contribution in [2.45, 2.75) is 121 Å². The summed E-state index contributed by atoms with van der Waals surface area (Å²) in [7, 11) is 0. The number of benzene rings is 2. The highest BCUT2D eigenvalue weighted by Crippen LogP contribution is 2.47. The van der Waals surface area contributed by atoms with E-state index < -0.39 is 6.10 Å². The second-order valence-corrected chi connectivity index (χ2v) is 10.7. The SMILES string of the molecule is CCCCCCCCCCCCCC[C@@H](O)[C@H]1OC(c2ccccc2)N2C(c3ccccc3)OC[C@@H]12. The van der Waals surface area contributed by atoms with Crippen LogP contribution in [0.3, 0.4) is 0 Å². The lowest BCUT2D eigenvalue weighted by Gasteiger charge is -2.27. The van der Waals surface area contributed by atoms with Gasteiger partial charge in [0.2, 0.25) is 0 Å². The molecule has 0 spiro atoms. The number of ether oxygens (including phenoxy) is 2. The lowest BCUT2D eigenvalue weighted by Crippen LogP contribution is -2.40. The van der Waals surface area contributed by atoms with Gasteiger partial charge in [0.15, 0.2) is 0 Å². The molecule has 4 nitrogen and oxygen atoms in total. The first-order chi connectivity index (χ1) is 17.8. The Labute approximate surface area is 219 Å². The molecule has 0 aliphatic carbocycles. The van der Waals surface area contributed by atoms with Crippen molar-refractivity contribution in [1.29, 1.82) is 0 Å². The highest BCUT2D eigenvalue weighted by atomic mass is 16.6. The predicted octanol–water partition coefficient (Wildman–Crippen LogP) is 7.94. The zero-order chi connectivity index (χ0) is 25.0. The molecule has 36 heavy (non-hydrogen) atoms. The summed E-state index contributed by atoms with van der Waals surface area (Å²) in [6, 6.07) is 20.8. The number of aliphatic hydroxyl groups excluding tert-OH is 1. The summed E-state index contributed by atoms with van der Waals surface area (Å²) in [5, 5.41) is 11.2. The summed E-state index contributed by atoms with van der Waals surface area (Å²) < 4.78 is 12.9. The van der Waals surface area contributed by atoms with Crippen LogP contribution < -0.4 is 0 Å². The highest BCUT2D eigenvalue weighted by molar-refractivity contribution is 5.24. The fourth-order valence-corrected chi connectivity index (χ4v) is 5.87. The molecule has 2 fully saturated rings. The third-order valence-corrected chi connectivity index (χ3v) is 7.92. The Morgan fingerprint density at radius 3 is 1.78 bits per heavy atom. The van der Waals surface area contributed by atoms with Gasteiger partial charge in [0, 0.05) is 0 Å². The molecule has 2 aromatic carbocycles.